The molecule has 16 heavy (non-hydrogen) atoms. The van der Waals surface area contributed by atoms with Crippen LogP contribution in [0.5, 0.6) is 5.75 Å². The molecule has 0 amide bonds. The second kappa shape index (κ2) is 4.09. The smallest absolute Gasteiger partial charge is 0.250 e. The van der Waals surface area contributed by atoms with Gasteiger partial charge in [0.15, 0.2) is 0 Å². The van der Waals surface area contributed by atoms with Crippen LogP contribution in [0, 0.1) is 0 Å². The van der Waals surface area contributed by atoms with Gasteiger partial charge in [0.2, 0.25) is 5.91 Å². The fourth-order valence-electron chi connectivity index (χ4n) is 1.08. The first kappa shape index (κ1) is 13.0. The Hall–Kier alpha value is -1.03. The average Bonchev–Trinajstić information content (AvgIpc) is 2.49. The monoisotopic (exact) mass is 239 g/mol. The van der Waals surface area contributed by atoms with Crippen LogP contribution in [-0.2, 0) is 0 Å². The fraction of sp³-hybridized carbons (Fsp3) is 0.583. The summed E-state index contributed by atoms with van der Waals surface area (Å²) in [5, 5.41) is 0.172. The highest BCUT2D eigenvalue weighted by molar-refractivity contribution is 6.74. The molecule has 1 aromatic rings. The van der Waals surface area contributed by atoms with E-state index in [9.17, 15) is 4.79 Å². The summed E-state index contributed by atoms with van der Waals surface area (Å²) >= 11 is 0. The maximum Gasteiger partial charge on any atom is 0.250 e. The quantitative estimate of drug-likeness (QED) is 0.739. The molecule has 0 fully saturated rings. The van der Waals surface area contributed by atoms with E-state index >= 15 is 0 Å². The Morgan fingerprint density at radius 3 is 2.31 bits per heavy atom. The zero-order chi connectivity index (χ0) is 12.6. The molecular weight excluding hydrogens is 218 g/mol. The second-order valence-corrected chi connectivity index (χ2v) is 10.4. The van der Waals surface area contributed by atoms with Crippen molar-refractivity contribution in [3.63, 3.8) is 0 Å². The number of carbonyl (C=O) groups excluding carboxylic acids is 1. The van der Waals surface area contributed by atoms with Crippen molar-refractivity contribution in [2.75, 3.05) is 0 Å². The van der Waals surface area contributed by atoms with E-state index in [0.29, 0.717) is 0 Å². The van der Waals surface area contributed by atoms with Crippen molar-refractivity contribution in [2.45, 2.75) is 45.8 Å². The van der Waals surface area contributed by atoms with Gasteiger partial charge in [-0.15, -0.1) is 0 Å². The van der Waals surface area contributed by atoms with Crippen LogP contribution < -0.4 is 4.43 Å². The Bertz CT molecular complexity index is 388. The van der Waals surface area contributed by atoms with E-state index in [1.807, 2.05) is 6.07 Å². The third-order valence-corrected chi connectivity index (χ3v) is 7.57. The van der Waals surface area contributed by atoms with Crippen LogP contribution >= 0.6 is 0 Å². The Morgan fingerprint density at radius 1 is 1.38 bits per heavy atom. The lowest BCUT2D eigenvalue weighted by Crippen LogP contribution is -2.43. The van der Waals surface area contributed by atoms with Gasteiger partial charge in [0.05, 0.1) is 6.20 Å². The summed E-state index contributed by atoms with van der Waals surface area (Å²) in [6.45, 7) is 12.5. The second-order valence-electron chi connectivity index (χ2n) is 5.64. The highest BCUT2D eigenvalue weighted by Crippen LogP contribution is 2.37. The molecule has 3 nitrogen and oxygen atoms in total. The van der Waals surface area contributed by atoms with E-state index in [1.54, 1.807) is 17.0 Å². The van der Waals surface area contributed by atoms with Crippen molar-refractivity contribution in [3.8, 4) is 5.75 Å². The molecule has 0 aliphatic carbocycles. The number of aromatic nitrogens is 1. The highest BCUT2D eigenvalue weighted by atomic mass is 28.4. The first-order valence-electron chi connectivity index (χ1n) is 5.51. The predicted molar refractivity (Wildman–Crippen MR) is 68.6 cm³/mol. The summed E-state index contributed by atoms with van der Waals surface area (Å²) in [5.74, 6) is 0.798. The molecule has 0 aliphatic rings. The molecule has 0 radical (unpaired) electrons. The minimum atomic E-state index is -1.79. The fourth-order valence-corrected chi connectivity index (χ4v) is 2.10. The lowest BCUT2D eigenvalue weighted by Gasteiger charge is -2.36. The van der Waals surface area contributed by atoms with E-state index < -0.39 is 8.32 Å². The van der Waals surface area contributed by atoms with Crippen LogP contribution in [0.1, 0.15) is 32.5 Å². The molecule has 0 spiro atoms. The van der Waals surface area contributed by atoms with Gasteiger partial charge in [-0.1, -0.05) is 20.8 Å². The summed E-state index contributed by atoms with van der Waals surface area (Å²) < 4.78 is 7.61. The Morgan fingerprint density at radius 2 is 1.94 bits per heavy atom. The molecule has 0 atom stereocenters. The average molecular weight is 239 g/mol. The van der Waals surface area contributed by atoms with E-state index in [0.717, 1.165) is 5.75 Å². The molecule has 1 heterocycles. The maximum atomic E-state index is 11.1. The van der Waals surface area contributed by atoms with Crippen LogP contribution in [0.2, 0.25) is 18.1 Å². The van der Waals surface area contributed by atoms with Gasteiger partial charge in [-0.3, -0.25) is 9.36 Å². The van der Waals surface area contributed by atoms with E-state index in [-0.39, 0.29) is 10.9 Å². The number of nitrogens with zero attached hydrogens (tertiary/aromatic N) is 1. The van der Waals surface area contributed by atoms with Gasteiger partial charge in [0, 0.05) is 13.1 Å². The summed E-state index contributed by atoms with van der Waals surface area (Å²) in [7, 11) is -1.79. The standard InChI is InChI=1S/C12H21NO2Si/c1-10(14)13-8-7-11(9-13)15-16(5,6)12(2,3)4/h7-9H,1-6H3. The largest absolute Gasteiger partial charge is 0.542 e. The molecule has 1 aromatic heterocycles. The number of hydrogen-bond donors (Lipinski definition) is 0. The molecular formula is C12H21NO2Si. The summed E-state index contributed by atoms with van der Waals surface area (Å²) in [6, 6.07) is 1.85. The normalized spacial score (nSPS) is 12.6. The van der Waals surface area contributed by atoms with Gasteiger partial charge in [-0.25, -0.2) is 0 Å². The molecule has 0 saturated carbocycles. The molecule has 0 unspecified atom stereocenters. The lowest BCUT2D eigenvalue weighted by molar-refractivity contribution is 0.0936. The van der Waals surface area contributed by atoms with Gasteiger partial charge in [-0.05, 0) is 24.2 Å². The lowest BCUT2D eigenvalue weighted by atomic mass is 10.2. The number of carbonyl (C=O) groups is 1. The predicted octanol–water partition coefficient (Wildman–Crippen LogP) is 3.53. The molecule has 0 aliphatic heterocycles. The van der Waals surface area contributed by atoms with Crippen LogP contribution in [0.4, 0.5) is 0 Å². The van der Waals surface area contributed by atoms with Crippen molar-refractivity contribution < 1.29 is 9.22 Å². The van der Waals surface area contributed by atoms with Crippen molar-refractivity contribution >= 4 is 14.2 Å². The molecule has 0 N–H and O–H groups in total. The Labute approximate surface area is 98.5 Å². The van der Waals surface area contributed by atoms with Gasteiger partial charge >= 0.3 is 0 Å². The van der Waals surface area contributed by atoms with Crippen LogP contribution in [-0.4, -0.2) is 18.8 Å². The molecule has 4 heteroatoms. The highest BCUT2D eigenvalue weighted by Gasteiger charge is 2.39. The van der Waals surface area contributed by atoms with Crippen molar-refractivity contribution in [3.05, 3.63) is 18.5 Å². The van der Waals surface area contributed by atoms with Crippen LogP contribution in [0.3, 0.4) is 0 Å². The summed E-state index contributed by atoms with van der Waals surface area (Å²) in [6.07, 6.45) is 3.49. The van der Waals surface area contributed by atoms with Gasteiger partial charge in [0.1, 0.15) is 5.75 Å². The van der Waals surface area contributed by atoms with Crippen molar-refractivity contribution in [2.24, 2.45) is 0 Å². The Kier molecular flexibility index (Phi) is 3.33. The third kappa shape index (κ3) is 2.75. The number of rotatable bonds is 2. The Balaban J connectivity index is 2.85. The third-order valence-electron chi connectivity index (χ3n) is 3.21. The van der Waals surface area contributed by atoms with E-state index in [4.69, 9.17) is 4.43 Å². The first-order valence-corrected chi connectivity index (χ1v) is 8.42. The van der Waals surface area contributed by atoms with Crippen LogP contribution in [0.25, 0.3) is 0 Å². The van der Waals surface area contributed by atoms with Gasteiger partial charge in [0.25, 0.3) is 8.32 Å². The molecule has 1 rings (SSSR count). The minimum absolute atomic E-state index is 0.00471. The molecule has 0 aromatic carbocycles. The van der Waals surface area contributed by atoms with E-state index in [1.165, 1.54) is 6.92 Å². The zero-order valence-electron chi connectivity index (χ0n) is 11.0. The first-order chi connectivity index (χ1) is 7.13. The van der Waals surface area contributed by atoms with Crippen LogP contribution in [0.15, 0.2) is 18.5 Å². The molecule has 0 bridgehead atoms. The number of hydrogen-bond acceptors (Lipinski definition) is 2. The maximum absolute atomic E-state index is 11.1. The summed E-state index contributed by atoms with van der Waals surface area (Å²) in [5.41, 5.74) is 0. The van der Waals surface area contributed by atoms with Crippen molar-refractivity contribution in [1.29, 1.82) is 0 Å². The minimum Gasteiger partial charge on any atom is -0.542 e. The summed E-state index contributed by atoms with van der Waals surface area (Å²) in [4.78, 5) is 11.1. The van der Waals surface area contributed by atoms with E-state index in [2.05, 4.69) is 33.9 Å². The molecule has 90 valence electrons. The van der Waals surface area contributed by atoms with Gasteiger partial charge in [-0.2, -0.15) is 0 Å². The topological polar surface area (TPSA) is 31.2 Å². The van der Waals surface area contributed by atoms with Crippen molar-refractivity contribution in [1.82, 2.24) is 4.57 Å². The SMILES string of the molecule is CC(=O)n1ccc(O[Si](C)(C)C(C)(C)C)c1. The zero-order valence-corrected chi connectivity index (χ0v) is 12.0. The van der Waals surface area contributed by atoms with Gasteiger partial charge < -0.3 is 4.43 Å². The molecule has 0 saturated heterocycles.